The summed E-state index contributed by atoms with van der Waals surface area (Å²) in [6.45, 7) is 6.83. The summed E-state index contributed by atoms with van der Waals surface area (Å²) in [6, 6.07) is -0.890. The van der Waals surface area contributed by atoms with E-state index in [1.54, 1.807) is 0 Å². The number of hydrogen-bond donors (Lipinski definition) is 1. The van der Waals surface area contributed by atoms with Crippen LogP contribution < -0.4 is 10.2 Å². The number of hydrogen-bond acceptors (Lipinski definition) is 7. The van der Waals surface area contributed by atoms with Gasteiger partial charge in [-0.15, -0.1) is 0 Å². The number of rotatable bonds is 55. The van der Waals surface area contributed by atoms with Crippen molar-refractivity contribution in [2.45, 2.75) is 303 Å². The molecule has 0 spiro atoms. The van der Waals surface area contributed by atoms with Gasteiger partial charge in [-0.3, -0.25) is 14.2 Å². The third kappa shape index (κ3) is 52.9. The number of esters is 1. The number of nitrogens with zero attached hydrogens (tertiary/aromatic N) is 1. The Hall–Kier alpha value is -1.77. The van der Waals surface area contributed by atoms with Crippen molar-refractivity contribution in [1.29, 1.82) is 0 Å². The summed E-state index contributed by atoms with van der Waals surface area (Å²) < 4.78 is 30.3. The summed E-state index contributed by atoms with van der Waals surface area (Å²) in [6.07, 6.45) is 61.0. The quantitative estimate of drug-likeness (QED) is 0.0161. The van der Waals surface area contributed by atoms with E-state index in [9.17, 15) is 19.0 Å². The number of amides is 1. The van der Waals surface area contributed by atoms with Crippen LogP contribution in [0.1, 0.15) is 290 Å². The van der Waals surface area contributed by atoms with Gasteiger partial charge in [-0.05, 0) is 57.4 Å². The second-order valence-electron chi connectivity index (χ2n) is 21.9. The predicted octanol–water partition coefficient (Wildman–Crippen LogP) is 17.7. The molecule has 9 nitrogen and oxygen atoms in total. The van der Waals surface area contributed by atoms with Crippen molar-refractivity contribution in [3.05, 3.63) is 36.5 Å². The van der Waals surface area contributed by atoms with Gasteiger partial charge in [0.05, 0.1) is 33.8 Å². The van der Waals surface area contributed by atoms with Crippen molar-refractivity contribution in [1.82, 2.24) is 5.32 Å². The molecular weight excluding hydrogens is 904 g/mol. The fourth-order valence-corrected chi connectivity index (χ4v) is 9.59. The summed E-state index contributed by atoms with van der Waals surface area (Å²) in [5, 5.41) is 3.02. The van der Waals surface area contributed by atoms with Crippen LogP contribution in [0.3, 0.4) is 0 Å². The highest BCUT2D eigenvalue weighted by molar-refractivity contribution is 7.45. The number of phosphoric ester groups is 1. The van der Waals surface area contributed by atoms with Crippen LogP contribution in [0.2, 0.25) is 0 Å². The normalized spacial score (nSPS) is 14.0. The maximum atomic E-state index is 13.5. The van der Waals surface area contributed by atoms with E-state index in [0.717, 1.165) is 83.5 Å². The van der Waals surface area contributed by atoms with Gasteiger partial charge in [0, 0.05) is 12.8 Å². The van der Waals surface area contributed by atoms with Gasteiger partial charge >= 0.3 is 5.97 Å². The number of likely N-dealkylation sites (N-methyl/N-ethyl adjacent to an activating group) is 1. The molecular formula is C61H117N2O7P. The summed E-state index contributed by atoms with van der Waals surface area (Å²) in [7, 11) is 1.19. The lowest BCUT2D eigenvalue weighted by Gasteiger charge is -2.30. The number of unbranched alkanes of at least 4 members (excludes halogenated alkanes) is 36. The number of phosphoric acid groups is 1. The minimum absolute atomic E-state index is 0.0226. The van der Waals surface area contributed by atoms with Crippen LogP contribution in [0.25, 0.3) is 0 Å². The molecule has 0 fully saturated rings. The van der Waals surface area contributed by atoms with E-state index in [4.69, 9.17) is 13.8 Å². The van der Waals surface area contributed by atoms with Crippen molar-refractivity contribution in [2.75, 3.05) is 40.9 Å². The predicted molar refractivity (Wildman–Crippen MR) is 303 cm³/mol. The van der Waals surface area contributed by atoms with E-state index in [1.165, 1.54) is 173 Å². The topological polar surface area (TPSA) is 114 Å². The number of nitrogens with one attached hydrogen (secondary N) is 1. The second-order valence-corrected chi connectivity index (χ2v) is 23.3. The molecule has 0 aromatic heterocycles. The zero-order valence-electron chi connectivity index (χ0n) is 47.7. The first-order valence-electron chi connectivity index (χ1n) is 30.3. The summed E-state index contributed by atoms with van der Waals surface area (Å²) in [5.41, 5.74) is 0. The van der Waals surface area contributed by atoms with E-state index in [1.807, 2.05) is 33.3 Å². The molecule has 418 valence electrons. The number of allylic oxidation sites excluding steroid dienone is 5. The molecule has 10 heteroatoms. The molecule has 0 aromatic rings. The van der Waals surface area contributed by atoms with Gasteiger partial charge in [0.1, 0.15) is 19.3 Å². The Balaban J connectivity index is 5.31. The summed E-state index contributed by atoms with van der Waals surface area (Å²) >= 11 is 0. The molecule has 0 saturated carbocycles. The fourth-order valence-electron chi connectivity index (χ4n) is 8.87. The van der Waals surface area contributed by atoms with Crippen molar-refractivity contribution in [2.24, 2.45) is 0 Å². The third-order valence-corrected chi connectivity index (χ3v) is 14.6. The first kappa shape index (κ1) is 69.2. The summed E-state index contributed by atoms with van der Waals surface area (Å²) in [4.78, 5) is 39.9. The maximum Gasteiger partial charge on any atom is 0.306 e. The first-order valence-corrected chi connectivity index (χ1v) is 31.8. The van der Waals surface area contributed by atoms with Gasteiger partial charge < -0.3 is 28.5 Å². The highest BCUT2D eigenvalue weighted by Gasteiger charge is 2.27. The lowest BCUT2D eigenvalue weighted by atomic mass is 10.0. The maximum absolute atomic E-state index is 13.5. The fraction of sp³-hybridized carbons (Fsp3) is 0.869. The summed E-state index contributed by atoms with van der Waals surface area (Å²) in [5.74, 6) is -0.542. The molecule has 0 saturated heterocycles. The molecule has 0 heterocycles. The van der Waals surface area contributed by atoms with E-state index < -0.39 is 20.0 Å². The molecule has 0 aliphatic carbocycles. The molecule has 0 aliphatic heterocycles. The minimum Gasteiger partial charge on any atom is -0.756 e. The van der Waals surface area contributed by atoms with Crippen LogP contribution in [0.4, 0.5) is 0 Å². The Morgan fingerprint density at radius 3 is 1.27 bits per heavy atom. The lowest BCUT2D eigenvalue weighted by Crippen LogP contribution is -2.47. The Kier molecular flexibility index (Phi) is 50.4. The van der Waals surface area contributed by atoms with Crippen molar-refractivity contribution < 1.29 is 37.3 Å². The van der Waals surface area contributed by atoms with Gasteiger partial charge in [-0.1, -0.05) is 257 Å². The number of ether oxygens (including phenoxy) is 1. The average Bonchev–Trinajstić information content (AvgIpc) is 3.33. The second kappa shape index (κ2) is 51.7. The number of carbonyl (C=O) groups excluding carboxylic acids is 2. The van der Waals surface area contributed by atoms with Gasteiger partial charge in [0.2, 0.25) is 5.91 Å². The average molecular weight is 1020 g/mol. The minimum atomic E-state index is -4.70. The van der Waals surface area contributed by atoms with Gasteiger partial charge in [0.25, 0.3) is 7.82 Å². The molecule has 0 radical (unpaired) electrons. The van der Waals surface area contributed by atoms with Crippen LogP contribution in [-0.2, 0) is 27.9 Å². The molecule has 0 aromatic carbocycles. The van der Waals surface area contributed by atoms with Crippen LogP contribution in [-0.4, -0.2) is 69.4 Å². The van der Waals surface area contributed by atoms with E-state index in [2.05, 4.69) is 50.4 Å². The van der Waals surface area contributed by atoms with Gasteiger partial charge in [-0.25, -0.2) is 0 Å². The first-order chi connectivity index (χ1) is 34.4. The SMILES string of the molecule is CCCCC/C=C/C=C/CCCCCCCCC(=O)NC(COP(=O)([O-])OCC[N+](C)(C)C)C(/C=C/CCCCCCCCCCCCC)OC(=O)CCCCCCCCCCCCCCCCCCC. The molecule has 0 rings (SSSR count). The van der Waals surface area contributed by atoms with E-state index in [0.29, 0.717) is 17.4 Å². The third-order valence-electron chi connectivity index (χ3n) is 13.6. The highest BCUT2D eigenvalue weighted by atomic mass is 31.2. The zero-order valence-corrected chi connectivity index (χ0v) is 48.6. The molecule has 3 atom stereocenters. The van der Waals surface area contributed by atoms with E-state index >= 15 is 0 Å². The van der Waals surface area contributed by atoms with Gasteiger partial charge in [0.15, 0.2) is 0 Å². The largest absolute Gasteiger partial charge is 0.756 e. The van der Waals surface area contributed by atoms with Gasteiger partial charge in [-0.2, -0.15) is 0 Å². The molecule has 1 N–H and O–H groups in total. The lowest BCUT2D eigenvalue weighted by molar-refractivity contribution is -0.870. The van der Waals surface area contributed by atoms with Crippen molar-refractivity contribution >= 4 is 19.7 Å². The van der Waals surface area contributed by atoms with Crippen LogP contribution in [0.5, 0.6) is 0 Å². The molecule has 71 heavy (non-hydrogen) atoms. The van der Waals surface area contributed by atoms with Crippen molar-refractivity contribution in [3.8, 4) is 0 Å². The molecule has 3 unspecified atom stereocenters. The van der Waals surface area contributed by atoms with Crippen LogP contribution >= 0.6 is 7.82 Å². The molecule has 0 aliphatic rings. The highest BCUT2D eigenvalue weighted by Crippen LogP contribution is 2.38. The number of quaternary nitrogens is 1. The van der Waals surface area contributed by atoms with Crippen LogP contribution in [0, 0.1) is 0 Å². The monoisotopic (exact) mass is 1020 g/mol. The molecule has 1 amide bonds. The van der Waals surface area contributed by atoms with Crippen molar-refractivity contribution in [3.63, 3.8) is 0 Å². The number of carbonyl (C=O) groups is 2. The smallest absolute Gasteiger partial charge is 0.306 e. The van der Waals surface area contributed by atoms with Crippen LogP contribution in [0.15, 0.2) is 36.5 Å². The zero-order chi connectivity index (χ0) is 52.2. The Morgan fingerprint density at radius 2 is 0.845 bits per heavy atom. The Labute approximate surface area is 440 Å². The molecule has 0 bridgehead atoms. The Morgan fingerprint density at radius 1 is 0.493 bits per heavy atom. The van der Waals surface area contributed by atoms with E-state index in [-0.39, 0.29) is 31.5 Å². The Bertz CT molecular complexity index is 1310. The standard InChI is InChI=1S/C61H117N2O7P/c1-7-10-13-16-19-22-25-28-30-31-33-36-39-42-45-48-51-54-61(65)70-59(52-49-46-43-40-37-34-27-24-21-18-15-12-9-3)58(57-69-71(66,67)68-56-55-63(4,5)6)62-60(64)53-50-47-44-41-38-35-32-29-26-23-20-17-14-11-8-2/h20,23,26,29,49,52,58-59H,7-19,21-22,24-25,27-28,30-48,50-51,53-57H2,1-6H3,(H-,62,64,66,67)/b23-20+,29-26+,52-49+.